The summed E-state index contributed by atoms with van der Waals surface area (Å²) in [5, 5.41) is 10.2. The largest absolute Gasteiger partial charge is 0.383 e. The van der Waals surface area contributed by atoms with Crippen LogP contribution in [-0.2, 0) is 25.9 Å². The van der Waals surface area contributed by atoms with Crippen LogP contribution in [0, 0.1) is 0 Å². The quantitative estimate of drug-likeness (QED) is 0.533. The van der Waals surface area contributed by atoms with Gasteiger partial charge in [-0.25, -0.2) is 13.2 Å². The van der Waals surface area contributed by atoms with E-state index in [0.717, 1.165) is 4.68 Å². The van der Waals surface area contributed by atoms with Gasteiger partial charge in [-0.2, -0.15) is 9.36 Å². The van der Waals surface area contributed by atoms with E-state index in [1.54, 1.807) is 42.5 Å². The highest BCUT2D eigenvalue weighted by Gasteiger charge is 2.16. The number of tetrazole rings is 1. The topological polar surface area (TPSA) is 125 Å². The van der Waals surface area contributed by atoms with Crippen molar-refractivity contribution in [1.82, 2.24) is 19.8 Å². The zero-order valence-electron chi connectivity index (χ0n) is 16.3. The van der Waals surface area contributed by atoms with Gasteiger partial charge in [0.2, 0.25) is 5.91 Å². The summed E-state index contributed by atoms with van der Waals surface area (Å²) in [5.41, 5.74) is 0.545. The number of hydrogen-bond donors (Lipinski definition) is 1. The number of ether oxygens (including phenoxy) is 1. The minimum Gasteiger partial charge on any atom is -0.383 e. The van der Waals surface area contributed by atoms with E-state index in [1.807, 2.05) is 0 Å². The zero-order valence-corrected chi connectivity index (χ0v) is 17.1. The molecular formula is C19H21N5O5S. The van der Waals surface area contributed by atoms with Crippen molar-refractivity contribution < 1.29 is 17.9 Å². The van der Waals surface area contributed by atoms with Crippen molar-refractivity contribution >= 4 is 21.4 Å². The Kier molecular flexibility index (Phi) is 6.75. The monoisotopic (exact) mass is 431 g/mol. The molecule has 0 aliphatic heterocycles. The van der Waals surface area contributed by atoms with Crippen molar-refractivity contribution in [2.45, 2.75) is 17.9 Å². The van der Waals surface area contributed by atoms with Gasteiger partial charge >= 0.3 is 5.69 Å². The Balaban J connectivity index is 1.60. The fourth-order valence-electron chi connectivity index (χ4n) is 2.64. The average molecular weight is 431 g/mol. The fraction of sp³-hybridized carbons (Fsp3) is 0.263. The van der Waals surface area contributed by atoms with Gasteiger partial charge in [0.15, 0.2) is 9.84 Å². The summed E-state index contributed by atoms with van der Waals surface area (Å²) >= 11 is 0. The molecule has 0 aliphatic rings. The molecule has 0 saturated carbocycles. The first-order valence-corrected chi connectivity index (χ1v) is 10.8. The lowest BCUT2D eigenvalue weighted by Gasteiger charge is -2.07. The Morgan fingerprint density at radius 3 is 2.43 bits per heavy atom. The van der Waals surface area contributed by atoms with Crippen molar-refractivity contribution in [2.24, 2.45) is 0 Å². The first-order valence-electron chi connectivity index (χ1n) is 9.10. The van der Waals surface area contributed by atoms with Crippen LogP contribution in [0.2, 0.25) is 0 Å². The van der Waals surface area contributed by atoms with Crippen LogP contribution >= 0.6 is 0 Å². The van der Waals surface area contributed by atoms with E-state index in [2.05, 4.69) is 15.7 Å². The van der Waals surface area contributed by atoms with Crippen LogP contribution in [0.15, 0.2) is 64.3 Å². The molecule has 0 spiro atoms. The second kappa shape index (κ2) is 9.46. The zero-order chi connectivity index (χ0) is 21.6. The van der Waals surface area contributed by atoms with E-state index in [9.17, 15) is 18.0 Å². The number of carbonyl (C=O) groups excluding carboxylic acids is 1. The minimum atomic E-state index is -3.52. The SMILES string of the molecule is COCCn1nnn(-c2ccc(NC(=O)CCS(=O)(=O)c3ccccc3)cc2)c1=O. The van der Waals surface area contributed by atoms with E-state index in [-0.39, 0.29) is 23.6 Å². The van der Waals surface area contributed by atoms with Crippen LogP contribution < -0.4 is 11.0 Å². The molecule has 0 fully saturated rings. The lowest BCUT2D eigenvalue weighted by atomic mass is 10.2. The molecule has 1 amide bonds. The number of nitrogens with zero attached hydrogens (tertiary/aromatic N) is 4. The second-order valence-corrected chi connectivity index (χ2v) is 8.48. The molecule has 158 valence electrons. The molecule has 2 aromatic carbocycles. The van der Waals surface area contributed by atoms with Crippen molar-refractivity contribution in [3.8, 4) is 5.69 Å². The molecule has 1 N–H and O–H groups in total. The number of amides is 1. The van der Waals surface area contributed by atoms with E-state index in [4.69, 9.17) is 4.74 Å². The standard InChI is InChI=1S/C19H21N5O5S/c1-29-13-12-23-19(26)24(22-21-23)16-9-7-15(8-10-16)20-18(25)11-14-30(27,28)17-5-3-2-4-6-17/h2-10H,11-14H2,1H3,(H,20,25). The highest BCUT2D eigenvalue weighted by atomic mass is 32.2. The van der Waals surface area contributed by atoms with Gasteiger partial charge in [-0.1, -0.05) is 18.2 Å². The number of hydrogen-bond acceptors (Lipinski definition) is 7. The summed E-state index contributed by atoms with van der Waals surface area (Å²) in [7, 11) is -2.00. The van der Waals surface area contributed by atoms with Gasteiger partial charge < -0.3 is 10.1 Å². The lowest BCUT2D eigenvalue weighted by molar-refractivity contribution is -0.115. The third-order valence-corrected chi connectivity index (χ3v) is 5.97. The van der Waals surface area contributed by atoms with Gasteiger partial charge in [0.25, 0.3) is 0 Å². The summed E-state index contributed by atoms with van der Waals surface area (Å²) < 4.78 is 31.7. The van der Waals surface area contributed by atoms with Crippen molar-refractivity contribution in [2.75, 3.05) is 24.8 Å². The first-order chi connectivity index (χ1) is 14.4. The highest BCUT2D eigenvalue weighted by molar-refractivity contribution is 7.91. The Morgan fingerprint density at radius 1 is 1.07 bits per heavy atom. The molecule has 30 heavy (non-hydrogen) atoms. The highest BCUT2D eigenvalue weighted by Crippen LogP contribution is 2.14. The molecule has 1 aromatic heterocycles. The number of carbonyl (C=O) groups is 1. The number of anilines is 1. The molecule has 11 heteroatoms. The maximum atomic E-state index is 12.3. The van der Waals surface area contributed by atoms with Gasteiger partial charge in [-0.3, -0.25) is 4.79 Å². The Labute approximate surface area is 173 Å². The number of rotatable bonds is 9. The fourth-order valence-corrected chi connectivity index (χ4v) is 3.90. The van der Waals surface area contributed by atoms with Crippen LogP contribution in [0.1, 0.15) is 6.42 Å². The van der Waals surface area contributed by atoms with Crippen molar-refractivity contribution in [1.29, 1.82) is 0 Å². The molecule has 0 aliphatic carbocycles. The maximum absolute atomic E-state index is 12.3. The molecule has 3 rings (SSSR count). The Hall–Kier alpha value is -3.31. The third-order valence-electron chi connectivity index (χ3n) is 4.24. The maximum Gasteiger partial charge on any atom is 0.368 e. The predicted molar refractivity (Wildman–Crippen MR) is 109 cm³/mol. The molecule has 0 saturated heterocycles. The van der Waals surface area contributed by atoms with E-state index >= 15 is 0 Å². The van der Waals surface area contributed by atoms with Crippen molar-refractivity contribution in [3.63, 3.8) is 0 Å². The van der Waals surface area contributed by atoms with E-state index < -0.39 is 21.4 Å². The van der Waals surface area contributed by atoms with Gasteiger partial charge in [-0.05, 0) is 46.8 Å². The van der Waals surface area contributed by atoms with Crippen LogP contribution in [0.5, 0.6) is 0 Å². The molecular weight excluding hydrogens is 410 g/mol. The number of aromatic nitrogens is 4. The second-order valence-electron chi connectivity index (χ2n) is 6.37. The summed E-state index contributed by atoms with van der Waals surface area (Å²) in [6.45, 7) is 0.624. The summed E-state index contributed by atoms with van der Waals surface area (Å²) in [6, 6.07) is 14.4. The van der Waals surface area contributed by atoms with Gasteiger partial charge in [0, 0.05) is 19.2 Å². The van der Waals surface area contributed by atoms with Gasteiger partial charge in [0.05, 0.1) is 29.5 Å². The van der Waals surface area contributed by atoms with Gasteiger partial charge in [-0.15, -0.1) is 0 Å². The molecule has 3 aromatic rings. The van der Waals surface area contributed by atoms with E-state index in [1.165, 1.54) is 23.9 Å². The number of benzene rings is 2. The number of nitrogens with one attached hydrogen (secondary N) is 1. The van der Waals surface area contributed by atoms with Crippen LogP contribution in [0.4, 0.5) is 5.69 Å². The van der Waals surface area contributed by atoms with Crippen LogP contribution in [0.3, 0.4) is 0 Å². The number of methoxy groups -OCH3 is 1. The Morgan fingerprint density at radius 2 is 1.77 bits per heavy atom. The third kappa shape index (κ3) is 5.19. The minimum absolute atomic E-state index is 0.174. The summed E-state index contributed by atoms with van der Waals surface area (Å²) in [6.07, 6.45) is -0.174. The Bertz CT molecular complexity index is 1150. The number of sulfone groups is 1. The molecule has 1 heterocycles. The van der Waals surface area contributed by atoms with Crippen LogP contribution in [-0.4, -0.2) is 53.6 Å². The molecule has 10 nitrogen and oxygen atoms in total. The van der Waals surface area contributed by atoms with Crippen molar-refractivity contribution in [3.05, 3.63) is 65.1 Å². The molecule has 0 bridgehead atoms. The average Bonchev–Trinajstić information content (AvgIpc) is 3.12. The van der Waals surface area contributed by atoms with Crippen LogP contribution in [0.25, 0.3) is 5.69 Å². The smallest absolute Gasteiger partial charge is 0.368 e. The van der Waals surface area contributed by atoms with Gasteiger partial charge in [0.1, 0.15) is 0 Å². The first kappa shape index (κ1) is 21.4. The normalized spacial score (nSPS) is 11.4. The van der Waals surface area contributed by atoms with E-state index in [0.29, 0.717) is 18.0 Å². The summed E-state index contributed by atoms with van der Waals surface area (Å²) in [4.78, 5) is 24.6. The molecule has 0 radical (unpaired) electrons. The summed E-state index contributed by atoms with van der Waals surface area (Å²) in [5.74, 6) is -0.717. The lowest BCUT2D eigenvalue weighted by Crippen LogP contribution is -2.25. The molecule has 0 atom stereocenters. The predicted octanol–water partition coefficient (Wildman–Crippen LogP) is 0.878. The molecule has 0 unspecified atom stereocenters.